The number of nitrogens with one attached hydrogen (secondary N) is 1. The van der Waals surface area contributed by atoms with Gasteiger partial charge >= 0.3 is 0 Å². The Kier molecular flexibility index (Phi) is 18.4. The fourth-order valence-electron chi connectivity index (χ4n) is 10.0. The maximum atomic E-state index is 13.2. The highest BCUT2D eigenvalue weighted by atomic mass is 16.1. The highest BCUT2D eigenvalue weighted by molar-refractivity contribution is 6.09. The Balaban J connectivity index is 0.827. The largest absolute Gasteiger partial charge is 0.326 e. The van der Waals surface area contributed by atoms with Crippen LogP contribution in [0.25, 0.3) is 16.8 Å². The van der Waals surface area contributed by atoms with Gasteiger partial charge in [-0.2, -0.15) is 10.2 Å². The molecule has 0 spiro atoms. The van der Waals surface area contributed by atoms with E-state index >= 15 is 0 Å². The molecule has 7 nitrogen and oxygen atoms in total. The summed E-state index contributed by atoms with van der Waals surface area (Å²) in [6, 6.07) is 33.0. The smallest absolute Gasteiger partial charge is 0.224 e. The number of amides is 1. The second kappa shape index (κ2) is 25.2. The maximum absolute atomic E-state index is 13.2. The minimum Gasteiger partial charge on any atom is -0.326 e. The highest BCUT2D eigenvalue weighted by Crippen LogP contribution is 2.32. The predicted molar refractivity (Wildman–Crippen MR) is 273 cm³/mol. The van der Waals surface area contributed by atoms with Crippen molar-refractivity contribution in [3.63, 3.8) is 0 Å². The molecule has 1 amide bonds. The van der Waals surface area contributed by atoms with E-state index in [0.29, 0.717) is 51.0 Å². The number of allylic oxidation sites excluding steroid dienone is 3. The lowest BCUT2D eigenvalue weighted by Gasteiger charge is -2.17. The zero-order chi connectivity index (χ0) is 45.9. The van der Waals surface area contributed by atoms with Crippen molar-refractivity contribution >= 4 is 46.2 Å². The number of aliphatic imine (C=N–C) groups is 1. The van der Waals surface area contributed by atoms with Crippen LogP contribution in [0.5, 0.6) is 0 Å². The molecule has 0 radical (unpaired) electrons. The quantitative estimate of drug-likeness (QED) is 0.0709. The Morgan fingerprint density at radius 2 is 1.41 bits per heavy atom. The maximum Gasteiger partial charge on any atom is 0.224 e. The number of Topliss-reactive ketones (excluding diaryl/α,β-unsaturated/α-hetero) is 2. The number of hydrogen-bond acceptors (Lipinski definition) is 6. The van der Waals surface area contributed by atoms with Crippen LogP contribution in [0.3, 0.4) is 0 Å². The van der Waals surface area contributed by atoms with E-state index in [0.717, 1.165) is 99.9 Å². The Morgan fingerprint density at radius 1 is 0.727 bits per heavy atom. The van der Waals surface area contributed by atoms with E-state index < -0.39 is 0 Å². The molecule has 7 heteroatoms. The fraction of sp³-hybridized carbons (Fsp3) is 0.424. The van der Waals surface area contributed by atoms with Gasteiger partial charge in [-0.05, 0) is 120 Å². The summed E-state index contributed by atoms with van der Waals surface area (Å²) in [6.45, 7) is 7.38. The van der Waals surface area contributed by atoms with Gasteiger partial charge in [-0.3, -0.25) is 19.4 Å². The normalized spacial score (nSPS) is 16.8. The highest BCUT2D eigenvalue weighted by Gasteiger charge is 2.19. The molecule has 3 aliphatic rings. The van der Waals surface area contributed by atoms with E-state index in [4.69, 9.17) is 4.99 Å². The molecule has 344 valence electrons. The van der Waals surface area contributed by atoms with Gasteiger partial charge in [-0.15, -0.1) is 0 Å². The van der Waals surface area contributed by atoms with Crippen LogP contribution >= 0.6 is 0 Å². The minimum atomic E-state index is 0.0772. The summed E-state index contributed by atoms with van der Waals surface area (Å²) in [5, 5.41) is 12.0. The molecule has 2 saturated carbocycles. The molecule has 1 N–H and O–H groups in total. The average Bonchev–Trinajstić information content (AvgIpc) is 4.07. The van der Waals surface area contributed by atoms with Gasteiger partial charge < -0.3 is 5.32 Å². The van der Waals surface area contributed by atoms with Gasteiger partial charge in [-0.1, -0.05) is 149 Å². The second-order valence-corrected chi connectivity index (χ2v) is 19.0. The first-order valence-electron chi connectivity index (χ1n) is 24.9. The van der Waals surface area contributed by atoms with Gasteiger partial charge in [0.2, 0.25) is 5.91 Å². The van der Waals surface area contributed by atoms with Gasteiger partial charge in [0.15, 0.2) is 0 Å². The molecule has 1 unspecified atom stereocenters. The summed E-state index contributed by atoms with van der Waals surface area (Å²) in [5.74, 6) is 2.32. The molecule has 7 rings (SSSR count). The molecule has 4 aromatic rings. The van der Waals surface area contributed by atoms with E-state index in [1.807, 2.05) is 43.5 Å². The molecule has 1 heterocycles. The van der Waals surface area contributed by atoms with Gasteiger partial charge in [0.1, 0.15) is 11.6 Å². The van der Waals surface area contributed by atoms with Gasteiger partial charge in [-0.25, -0.2) is 0 Å². The molecule has 0 bridgehead atoms. The van der Waals surface area contributed by atoms with Crippen molar-refractivity contribution in [1.29, 1.82) is 0 Å². The zero-order valence-corrected chi connectivity index (χ0v) is 39.3. The number of anilines is 1. The van der Waals surface area contributed by atoms with Crippen molar-refractivity contribution in [2.24, 2.45) is 27.1 Å². The van der Waals surface area contributed by atoms with Crippen molar-refractivity contribution in [1.82, 2.24) is 0 Å². The monoisotopic (exact) mass is 883 g/mol. The number of aryl methyl sites for hydroxylation is 1. The topological polar surface area (TPSA) is 100 Å². The lowest BCUT2D eigenvalue weighted by molar-refractivity contribution is -0.119. The zero-order valence-electron chi connectivity index (χ0n) is 39.3. The number of rotatable bonds is 24. The fourth-order valence-corrected chi connectivity index (χ4v) is 10.0. The third-order valence-corrected chi connectivity index (χ3v) is 13.9. The third-order valence-electron chi connectivity index (χ3n) is 13.9. The first kappa shape index (κ1) is 48.1. The number of carbonyl (C=O) groups is 3. The minimum absolute atomic E-state index is 0.0772. The molecule has 0 saturated heterocycles. The Labute approximate surface area is 394 Å². The van der Waals surface area contributed by atoms with E-state index in [1.54, 1.807) is 0 Å². The molecule has 2 fully saturated rings. The first-order valence-corrected chi connectivity index (χ1v) is 24.9. The summed E-state index contributed by atoms with van der Waals surface area (Å²) in [6.07, 6.45) is 25.4. The number of ketones is 2. The molecule has 0 aromatic heterocycles. The number of benzene rings is 4. The van der Waals surface area contributed by atoms with Crippen LogP contribution in [-0.2, 0) is 33.8 Å². The van der Waals surface area contributed by atoms with E-state index in [-0.39, 0.29) is 17.6 Å². The van der Waals surface area contributed by atoms with Gasteiger partial charge in [0.25, 0.3) is 0 Å². The van der Waals surface area contributed by atoms with Crippen molar-refractivity contribution < 1.29 is 14.4 Å². The Hall–Kier alpha value is -5.82. The van der Waals surface area contributed by atoms with E-state index in [2.05, 4.69) is 101 Å². The van der Waals surface area contributed by atoms with Crippen LogP contribution in [0, 0.1) is 11.8 Å². The van der Waals surface area contributed by atoms with Crippen LogP contribution in [0.2, 0.25) is 0 Å². The first-order chi connectivity index (χ1) is 32.3. The van der Waals surface area contributed by atoms with Crippen LogP contribution in [-0.4, -0.2) is 30.2 Å². The molecule has 2 aliphatic carbocycles. The van der Waals surface area contributed by atoms with Crippen LogP contribution in [0.15, 0.2) is 131 Å². The predicted octanol–water partition coefficient (Wildman–Crippen LogP) is 14.7. The van der Waals surface area contributed by atoms with Crippen molar-refractivity contribution in [3.8, 4) is 0 Å². The van der Waals surface area contributed by atoms with E-state index in [1.165, 1.54) is 63.4 Å². The van der Waals surface area contributed by atoms with E-state index in [9.17, 15) is 14.4 Å². The number of hydrogen-bond donors (Lipinski definition) is 1. The van der Waals surface area contributed by atoms with Crippen LogP contribution in [0.1, 0.15) is 161 Å². The molecular weight excluding hydrogens is 813 g/mol. The Bertz CT molecular complexity index is 2380. The Morgan fingerprint density at radius 3 is 2.14 bits per heavy atom. The standard InChI is InChI=1S/C59H70N4O3/c1-3-49(41-60-40-47-27-29-50(30-28-47)43(2)35-56(64)24-10-17-44-13-4-5-14-44)52-22-8-19-46(36-52)20-11-25-57(65)38-48-21-9-23-53(37-48)58-39-54(42-61-63-58)51-31-33-55(34-32-51)62-59(66)26-12-18-45-15-6-7-16-45/h3,8-9,19,21-23,27-34,36-37,39,41,44-45,54H,2,4-7,10-18,20,24-26,35,38,40,42H2,1H3,(H,62,66)/b49-3+,60-41?. The summed E-state index contributed by atoms with van der Waals surface area (Å²) in [7, 11) is 0. The van der Waals surface area contributed by atoms with Gasteiger partial charge in [0.05, 0.1) is 18.8 Å². The average molecular weight is 883 g/mol. The molecule has 66 heavy (non-hydrogen) atoms. The van der Waals surface area contributed by atoms with Crippen molar-refractivity contribution in [2.45, 2.75) is 141 Å². The number of carbonyl (C=O) groups excluding carboxylic acids is 3. The third kappa shape index (κ3) is 15.1. The molecule has 1 aliphatic heterocycles. The van der Waals surface area contributed by atoms with Crippen LogP contribution < -0.4 is 5.32 Å². The van der Waals surface area contributed by atoms with Crippen molar-refractivity contribution in [2.75, 3.05) is 11.9 Å². The lowest BCUT2D eigenvalue weighted by Crippen LogP contribution is -2.12. The summed E-state index contributed by atoms with van der Waals surface area (Å²) >= 11 is 0. The van der Waals surface area contributed by atoms with Crippen molar-refractivity contribution in [3.05, 3.63) is 155 Å². The van der Waals surface area contributed by atoms with Crippen LogP contribution in [0.4, 0.5) is 5.69 Å². The SMILES string of the molecule is C=C(CC(=O)CCCC1CCCC1)c1ccc(CN=C/C(=C\C)c2cccc(CCCC(=O)Cc3cccc(C4=CC(c5ccc(NC(=O)CCCC6CCCC6)cc5)CN=N4)c3)c2)cc1. The number of azo groups is 1. The van der Waals surface area contributed by atoms with Gasteiger partial charge in [0, 0.05) is 55.5 Å². The summed E-state index contributed by atoms with van der Waals surface area (Å²) < 4.78 is 0. The lowest BCUT2D eigenvalue weighted by atomic mass is 9.94. The summed E-state index contributed by atoms with van der Waals surface area (Å²) in [4.78, 5) is 43.2. The molecular formula is C59H70N4O3. The summed E-state index contributed by atoms with van der Waals surface area (Å²) in [5.41, 5.74) is 11.1. The second-order valence-electron chi connectivity index (χ2n) is 19.0. The molecule has 4 aromatic carbocycles. The number of nitrogens with zero attached hydrogens (tertiary/aromatic N) is 3. The molecule has 1 atom stereocenters.